The van der Waals surface area contributed by atoms with Crippen molar-refractivity contribution in [1.29, 1.82) is 0 Å². The third-order valence-corrected chi connectivity index (χ3v) is 7.54. The summed E-state index contributed by atoms with van der Waals surface area (Å²) in [6.45, 7) is 6.64. The standard InChI is InChI=1S/C31H31N3O4S/c1-4-37-30(36)27-28(22-9-6-5-7-10-22)33-31-34(29(27)23-14-12-21(13-15-23)20(2)3)24(19-39-31)17-26(35)32-18-25-11-8-16-38-25/h5-16,19-20,29H,4,17-18H2,1-3H3,(H,32,35). The predicted molar refractivity (Wildman–Crippen MR) is 153 cm³/mol. The van der Waals surface area contributed by atoms with Gasteiger partial charge >= 0.3 is 5.97 Å². The van der Waals surface area contributed by atoms with Gasteiger partial charge in [0.15, 0.2) is 5.17 Å². The minimum absolute atomic E-state index is 0.129. The van der Waals surface area contributed by atoms with Crippen molar-refractivity contribution in [2.24, 2.45) is 4.99 Å². The average Bonchev–Trinajstić information content (AvgIpc) is 3.62. The van der Waals surface area contributed by atoms with Crippen LogP contribution in [0.25, 0.3) is 5.70 Å². The highest BCUT2D eigenvalue weighted by Gasteiger charge is 2.42. The minimum Gasteiger partial charge on any atom is -0.467 e. The zero-order valence-corrected chi connectivity index (χ0v) is 23.0. The normalized spacial score (nSPS) is 16.6. The lowest BCUT2D eigenvalue weighted by Gasteiger charge is -2.37. The Bertz CT molecular complexity index is 1420. The molecule has 8 heteroatoms. The third-order valence-electron chi connectivity index (χ3n) is 6.65. The van der Waals surface area contributed by atoms with Gasteiger partial charge in [-0.3, -0.25) is 4.79 Å². The molecule has 1 unspecified atom stereocenters. The van der Waals surface area contributed by atoms with E-state index in [1.807, 2.05) is 46.7 Å². The van der Waals surface area contributed by atoms with E-state index in [2.05, 4.69) is 43.4 Å². The molecule has 0 bridgehead atoms. The number of aliphatic imine (C=N–C) groups is 1. The maximum absolute atomic E-state index is 13.6. The highest BCUT2D eigenvalue weighted by atomic mass is 32.2. The molecule has 0 spiro atoms. The number of benzene rings is 2. The summed E-state index contributed by atoms with van der Waals surface area (Å²) >= 11 is 1.45. The number of carbonyl (C=O) groups excluding carboxylic acids is 2. The van der Waals surface area contributed by atoms with E-state index in [1.165, 1.54) is 17.3 Å². The van der Waals surface area contributed by atoms with Crippen LogP contribution in [0.2, 0.25) is 0 Å². The zero-order valence-electron chi connectivity index (χ0n) is 22.2. The van der Waals surface area contributed by atoms with E-state index in [4.69, 9.17) is 14.1 Å². The molecule has 3 heterocycles. The fourth-order valence-corrected chi connectivity index (χ4v) is 5.61. The van der Waals surface area contributed by atoms with Gasteiger partial charge in [-0.15, -0.1) is 0 Å². The summed E-state index contributed by atoms with van der Waals surface area (Å²) in [7, 11) is 0. The third kappa shape index (κ3) is 5.71. The maximum atomic E-state index is 13.6. The predicted octanol–water partition coefficient (Wildman–Crippen LogP) is 6.38. The Morgan fingerprint density at radius 1 is 1.08 bits per heavy atom. The summed E-state index contributed by atoms with van der Waals surface area (Å²) in [4.78, 5) is 33.5. The van der Waals surface area contributed by atoms with Crippen LogP contribution in [0.5, 0.6) is 0 Å². The fourth-order valence-electron chi connectivity index (χ4n) is 4.69. The summed E-state index contributed by atoms with van der Waals surface area (Å²) in [6, 6.07) is 21.1. The first-order valence-electron chi connectivity index (χ1n) is 13.1. The van der Waals surface area contributed by atoms with Crippen LogP contribution >= 0.6 is 11.8 Å². The minimum atomic E-state index is -0.507. The molecule has 2 aromatic carbocycles. The molecule has 0 radical (unpaired) electrons. The molecule has 0 aliphatic carbocycles. The number of hydrogen-bond donors (Lipinski definition) is 1. The average molecular weight is 542 g/mol. The molecular weight excluding hydrogens is 510 g/mol. The topological polar surface area (TPSA) is 84.1 Å². The highest BCUT2D eigenvalue weighted by Crippen LogP contribution is 2.47. The first kappa shape index (κ1) is 26.6. The fraction of sp³-hybridized carbons (Fsp3) is 0.258. The Morgan fingerprint density at radius 3 is 2.51 bits per heavy atom. The molecule has 1 aromatic heterocycles. The Morgan fingerprint density at radius 2 is 1.85 bits per heavy atom. The Kier molecular flexibility index (Phi) is 8.02. The van der Waals surface area contributed by atoms with Gasteiger partial charge in [0.25, 0.3) is 0 Å². The number of thioether (sulfide) groups is 1. The quantitative estimate of drug-likeness (QED) is 0.316. The van der Waals surface area contributed by atoms with Crippen molar-refractivity contribution in [3.63, 3.8) is 0 Å². The van der Waals surface area contributed by atoms with Crippen molar-refractivity contribution < 1.29 is 18.7 Å². The second kappa shape index (κ2) is 11.8. The summed E-state index contributed by atoms with van der Waals surface area (Å²) in [6.07, 6.45) is 1.71. The second-order valence-corrected chi connectivity index (χ2v) is 10.4. The molecule has 0 saturated carbocycles. The Hall–Kier alpha value is -4.04. The lowest BCUT2D eigenvalue weighted by molar-refractivity contribution is -0.139. The molecule has 39 heavy (non-hydrogen) atoms. The lowest BCUT2D eigenvalue weighted by Crippen LogP contribution is -2.38. The molecule has 0 saturated heterocycles. The number of fused-ring (bicyclic) bond motifs is 1. The molecule has 1 N–H and O–H groups in total. The highest BCUT2D eigenvalue weighted by molar-refractivity contribution is 8.16. The zero-order chi connectivity index (χ0) is 27.4. The number of furan rings is 1. The lowest BCUT2D eigenvalue weighted by atomic mass is 9.90. The molecule has 1 amide bonds. The van der Waals surface area contributed by atoms with E-state index < -0.39 is 12.0 Å². The number of ether oxygens (including phenoxy) is 1. The van der Waals surface area contributed by atoms with Gasteiger partial charge < -0.3 is 19.4 Å². The molecule has 3 aromatic rings. The van der Waals surface area contributed by atoms with Crippen LogP contribution in [0.4, 0.5) is 0 Å². The smallest absolute Gasteiger partial charge is 0.338 e. The van der Waals surface area contributed by atoms with Crippen LogP contribution in [0.3, 0.4) is 0 Å². The van der Waals surface area contributed by atoms with Gasteiger partial charge in [-0.05, 0) is 41.5 Å². The monoisotopic (exact) mass is 541 g/mol. The summed E-state index contributed by atoms with van der Waals surface area (Å²) in [5.74, 6) is 0.485. The van der Waals surface area contributed by atoms with E-state index in [0.29, 0.717) is 34.7 Å². The van der Waals surface area contributed by atoms with Gasteiger partial charge in [0.05, 0.1) is 43.1 Å². The van der Waals surface area contributed by atoms with Crippen molar-refractivity contribution in [2.45, 2.75) is 45.7 Å². The van der Waals surface area contributed by atoms with Crippen LogP contribution in [-0.2, 0) is 20.9 Å². The van der Waals surface area contributed by atoms with E-state index in [1.54, 1.807) is 19.3 Å². The molecule has 7 nitrogen and oxygen atoms in total. The number of esters is 1. The molecule has 2 aliphatic rings. The van der Waals surface area contributed by atoms with E-state index in [0.717, 1.165) is 16.8 Å². The van der Waals surface area contributed by atoms with Gasteiger partial charge in [0.1, 0.15) is 5.76 Å². The van der Waals surface area contributed by atoms with Crippen LogP contribution in [0.15, 0.2) is 99.1 Å². The number of amidine groups is 1. The Balaban J connectivity index is 1.55. The van der Waals surface area contributed by atoms with Crippen LogP contribution in [-0.4, -0.2) is 28.6 Å². The molecule has 1 atom stereocenters. The molecule has 2 aliphatic heterocycles. The summed E-state index contributed by atoms with van der Waals surface area (Å²) in [5.41, 5.74) is 4.77. The van der Waals surface area contributed by atoms with Gasteiger partial charge in [0, 0.05) is 11.3 Å². The van der Waals surface area contributed by atoms with Crippen molar-refractivity contribution >= 4 is 34.5 Å². The van der Waals surface area contributed by atoms with Crippen molar-refractivity contribution in [1.82, 2.24) is 10.2 Å². The van der Waals surface area contributed by atoms with Gasteiger partial charge in [-0.2, -0.15) is 0 Å². The van der Waals surface area contributed by atoms with Gasteiger partial charge in [-0.1, -0.05) is 80.2 Å². The SMILES string of the molecule is CCOC(=O)C1=C(c2ccccc2)N=C2SC=C(CC(=O)NCc3ccco3)N2C1c1ccc(C(C)C)cc1. The van der Waals surface area contributed by atoms with Crippen molar-refractivity contribution in [2.75, 3.05) is 6.61 Å². The molecule has 200 valence electrons. The van der Waals surface area contributed by atoms with Crippen LogP contribution < -0.4 is 5.32 Å². The van der Waals surface area contributed by atoms with Crippen molar-refractivity contribution in [3.8, 4) is 0 Å². The van der Waals surface area contributed by atoms with E-state index in [-0.39, 0.29) is 18.9 Å². The number of amides is 1. The van der Waals surface area contributed by atoms with Crippen LogP contribution in [0, 0.1) is 0 Å². The molecule has 0 fully saturated rings. The first-order chi connectivity index (χ1) is 19.0. The van der Waals surface area contributed by atoms with E-state index in [9.17, 15) is 9.59 Å². The number of nitrogens with zero attached hydrogens (tertiary/aromatic N) is 2. The number of carbonyl (C=O) groups is 2. The Labute approximate surface area is 232 Å². The summed E-state index contributed by atoms with van der Waals surface area (Å²) < 4.78 is 10.9. The second-order valence-electron chi connectivity index (χ2n) is 9.60. The van der Waals surface area contributed by atoms with Gasteiger partial charge in [-0.25, -0.2) is 9.79 Å². The molecule has 5 rings (SSSR count). The number of rotatable bonds is 9. The maximum Gasteiger partial charge on any atom is 0.338 e. The van der Waals surface area contributed by atoms with E-state index >= 15 is 0 Å². The largest absolute Gasteiger partial charge is 0.467 e. The van der Waals surface area contributed by atoms with Crippen molar-refractivity contribution in [3.05, 3.63) is 112 Å². The number of nitrogens with one attached hydrogen (secondary N) is 1. The van der Waals surface area contributed by atoms with Gasteiger partial charge in [0.2, 0.25) is 5.91 Å². The summed E-state index contributed by atoms with van der Waals surface area (Å²) in [5, 5.41) is 5.58. The molecular formula is C31H31N3O4S. The van der Waals surface area contributed by atoms with Crippen LogP contribution in [0.1, 0.15) is 61.6 Å². The first-order valence-corrected chi connectivity index (χ1v) is 13.9. The number of hydrogen-bond acceptors (Lipinski definition) is 7.